The summed E-state index contributed by atoms with van der Waals surface area (Å²) in [5.74, 6) is 0.443. The topological polar surface area (TPSA) is 89.5 Å². The van der Waals surface area contributed by atoms with Crippen LogP contribution in [0.5, 0.6) is 5.75 Å². The maximum absolute atomic E-state index is 11.4. The van der Waals surface area contributed by atoms with Gasteiger partial charge in [-0.15, -0.1) is 0 Å². The highest BCUT2D eigenvalue weighted by molar-refractivity contribution is 5.79. The summed E-state index contributed by atoms with van der Waals surface area (Å²) in [4.78, 5) is 22.4. The summed E-state index contributed by atoms with van der Waals surface area (Å²) in [6, 6.07) is 8.38. The quantitative estimate of drug-likeness (QED) is 0.443. The van der Waals surface area contributed by atoms with E-state index >= 15 is 0 Å². The minimum Gasteiger partial charge on any atom is -0.494 e. The zero-order valence-corrected chi connectivity index (χ0v) is 12.8. The minimum atomic E-state index is -0.640. The molecule has 0 N–H and O–H groups in total. The number of fused-ring (bicyclic) bond motifs is 1. The Hall–Kier alpha value is -2.81. The van der Waals surface area contributed by atoms with E-state index in [0.29, 0.717) is 29.7 Å². The van der Waals surface area contributed by atoms with Gasteiger partial charge in [0.25, 0.3) is 0 Å². The molecule has 0 amide bonds. The zero-order chi connectivity index (χ0) is 16.7. The molecule has 0 radical (unpaired) electrons. The lowest BCUT2D eigenvalue weighted by Crippen LogP contribution is -2.03. The number of nitriles is 1. The van der Waals surface area contributed by atoms with E-state index in [2.05, 4.69) is 4.74 Å². The monoisotopic (exact) mass is 315 g/mol. The third-order valence-corrected chi connectivity index (χ3v) is 3.35. The van der Waals surface area contributed by atoms with Gasteiger partial charge in [0.15, 0.2) is 0 Å². The van der Waals surface area contributed by atoms with Gasteiger partial charge in [-0.3, -0.25) is 4.79 Å². The van der Waals surface area contributed by atoms with E-state index in [1.165, 1.54) is 13.2 Å². The van der Waals surface area contributed by atoms with Crippen molar-refractivity contribution in [2.45, 2.75) is 25.7 Å². The molecule has 120 valence electrons. The Morgan fingerprint density at radius 3 is 2.83 bits per heavy atom. The molecule has 0 saturated carbocycles. The number of hydrogen-bond acceptors (Lipinski definition) is 6. The largest absolute Gasteiger partial charge is 0.494 e. The van der Waals surface area contributed by atoms with Gasteiger partial charge in [0.05, 0.1) is 13.7 Å². The second-order valence-corrected chi connectivity index (χ2v) is 4.99. The lowest BCUT2D eigenvalue weighted by Gasteiger charge is -2.07. The molecule has 2 rings (SSSR count). The van der Waals surface area contributed by atoms with Crippen LogP contribution >= 0.6 is 0 Å². The van der Waals surface area contributed by atoms with Gasteiger partial charge < -0.3 is 13.9 Å². The van der Waals surface area contributed by atoms with Gasteiger partial charge in [0, 0.05) is 11.8 Å². The third-order valence-electron chi connectivity index (χ3n) is 3.35. The van der Waals surface area contributed by atoms with E-state index < -0.39 is 5.63 Å². The highest BCUT2D eigenvalue weighted by Gasteiger charge is 2.06. The summed E-state index contributed by atoms with van der Waals surface area (Å²) < 4.78 is 15.3. The summed E-state index contributed by atoms with van der Waals surface area (Å²) in [6.45, 7) is 0.522. The average Bonchev–Trinajstić information content (AvgIpc) is 2.57. The highest BCUT2D eigenvalue weighted by atomic mass is 16.5. The molecular weight excluding hydrogens is 298 g/mol. The Bertz CT molecular complexity index is 788. The SMILES string of the molecule is COC(=O)CCCCCOc1ccc2oc(=O)c(C#N)cc2c1. The van der Waals surface area contributed by atoms with E-state index in [4.69, 9.17) is 14.4 Å². The average molecular weight is 315 g/mol. The van der Waals surface area contributed by atoms with E-state index in [1.54, 1.807) is 24.3 Å². The second-order valence-electron chi connectivity index (χ2n) is 4.99. The minimum absolute atomic E-state index is 0.0301. The van der Waals surface area contributed by atoms with Crippen LogP contribution in [0.2, 0.25) is 0 Å². The molecule has 0 aliphatic rings. The van der Waals surface area contributed by atoms with Gasteiger partial charge in [-0.25, -0.2) is 4.79 Å². The maximum atomic E-state index is 11.4. The molecule has 2 aromatic rings. The molecule has 1 aromatic heterocycles. The van der Waals surface area contributed by atoms with Crippen LogP contribution in [-0.2, 0) is 9.53 Å². The molecule has 0 saturated heterocycles. The van der Waals surface area contributed by atoms with Crippen LogP contribution < -0.4 is 10.4 Å². The molecule has 0 atom stereocenters. The van der Waals surface area contributed by atoms with Gasteiger partial charge in [0.1, 0.15) is 23.0 Å². The zero-order valence-electron chi connectivity index (χ0n) is 12.8. The summed E-state index contributed by atoms with van der Waals surface area (Å²) in [7, 11) is 1.38. The van der Waals surface area contributed by atoms with Crippen LogP contribution in [0.15, 0.2) is 33.5 Å². The number of carbonyl (C=O) groups is 1. The third kappa shape index (κ3) is 4.58. The number of esters is 1. The fourth-order valence-corrected chi connectivity index (χ4v) is 2.11. The summed E-state index contributed by atoms with van der Waals surface area (Å²) >= 11 is 0. The molecule has 1 aromatic carbocycles. The molecule has 1 heterocycles. The van der Waals surface area contributed by atoms with Gasteiger partial charge in [0.2, 0.25) is 0 Å². The molecule has 0 aliphatic heterocycles. The van der Waals surface area contributed by atoms with Crippen molar-refractivity contribution in [1.29, 1.82) is 5.26 Å². The highest BCUT2D eigenvalue weighted by Crippen LogP contribution is 2.20. The number of rotatable bonds is 7. The molecule has 0 fully saturated rings. The first-order chi connectivity index (χ1) is 11.1. The van der Waals surface area contributed by atoms with Crippen LogP contribution in [0.3, 0.4) is 0 Å². The van der Waals surface area contributed by atoms with Crippen molar-refractivity contribution in [3.8, 4) is 11.8 Å². The fourth-order valence-electron chi connectivity index (χ4n) is 2.11. The molecule has 0 bridgehead atoms. The number of hydrogen-bond donors (Lipinski definition) is 0. The standard InChI is InChI=1S/C17H17NO5/c1-21-16(19)5-3-2-4-8-22-14-6-7-15-12(10-14)9-13(11-18)17(20)23-15/h6-7,9-10H,2-5,8H2,1H3. The van der Waals surface area contributed by atoms with Crippen LogP contribution in [0.1, 0.15) is 31.2 Å². The summed E-state index contributed by atoms with van der Waals surface area (Å²) in [5.41, 5.74) is -0.254. The molecule has 23 heavy (non-hydrogen) atoms. The predicted molar refractivity (Wildman–Crippen MR) is 83.2 cm³/mol. The normalized spacial score (nSPS) is 10.3. The maximum Gasteiger partial charge on any atom is 0.354 e. The number of benzene rings is 1. The number of nitrogens with zero attached hydrogens (tertiary/aromatic N) is 1. The first-order valence-corrected chi connectivity index (χ1v) is 7.31. The van der Waals surface area contributed by atoms with Gasteiger partial charge >= 0.3 is 11.6 Å². The lowest BCUT2D eigenvalue weighted by atomic mass is 10.2. The predicted octanol–water partition coefficient (Wildman–Crippen LogP) is 2.78. The smallest absolute Gasteiger partial charge is 0.354 e. The first kappa shape index (κ1) is 16.6. The van der Waals surface area contributed by atoms with Crippen molar-refractivity contribution in [2.24, 2.45) is 0 Å². The van der Waals surface area contributed by atoms with Crippen LogP contribution in [0.4, 0.5) is 0 Å². The molecule has 0 aliphatic carbocycles. The number of methoxy groups -OCH3 is 1. The van der Waals surface area contributed by atoms with Gasteiger partial charge in [-0.05, 0) is 43.5 Å². The Morgan fingerprint density at radius 2 is 2.09 bits per heavy atom. The van der Waals surface area contributed by atoms with Crippen molar-refractivity contribution in [3.63, 3.8) is 0 Å². The molecule has 0 unspecified atom stereocenters. The van der Waals surface area contributed by atoms with Crippen LogP contribution in [0, 0.1) is 11.3 Å². The molecular formula is C17H17NO5. The molecule has 6 nitrogen and oxygen atoms in total. The Morgan fingerprint density at radius 1 is 1.26 bits per heavy atom. The molecule has 6 heteroatoms. The number of ether oxygens (including phenoxy) is 2. The molecule has 0 spiro atoms. The van der Waals surface area contributed by atoms with Gasteiger partial charge in [-0.2, -0.15) is 5.26 Å². The van der Waals surface area contributed by atoms with Crippen molar-refractivity contribution in [3.05, 3.63) is 40.2 Å². The number of unbranched alkanes of at least 4 members (excludes halogenated alkanes) is 2. The van der Waals surface area contributed by atoms with E-state index in [0.717, 1.165) is 19.3 Å². The fraction of sp³-hybridized carbons (Fsp3) is 0.353. The summed E-state index contributed by atoms with van der Waals surface area (Å²) in [5, 5.41) is 9.50. The van der Waals surface area contributed by atoms with Crippen molar-refractivity contribution < 1.29 is 18.7 Å². The van der Waals surface area contributed by atoms with Crippen molar-refractivity contribution >= 4 is 16.9 Å². The van der Waals surface area contributed by atoms with Crippen molar-refractivity contribution in [2.75, 3.05) is 13.7 Å². The van der Waals surface area contributed by atoms with Crippen molar-refractivity contribution in [1.82, 2.24) is 0 Å². The first-order valence-electron chi connectivity index (χ1n) is 7.31. The van der Waals surface area contributed by atoms with Crippen LogP contribution in [-0.4, -0.2) is 19.7 Å². The van der Waals surface area contributed by atoms with E-state index in [9.17, 15) is 9.59 Å². The second kappa shape index (κ2) is 7.99. The summed E-state index contributed by atoms with van der Waals surface area (Å²) in [6.07, 6.45) is 2.88. The lowest BCUT2D eigenvalue weighted by molar-refractivity contribution is -0.140. The number of carbonyl (C=O) groups excluding carboxylic acids is 1. The Balaban J connectivity index is 1.89. The van der Waals surface area contributed by atoms with Gasteiger partial charge in [-0.1, -0.05) is 0 Å². The van der Waals surface area contributed by atoms with E-state index in [1.807, 2.05) is 0 Å². The van der Waals surface area contributed by atoms with E-state index in [-0.39, 0.29) is 11.5 Å². The van der Waals surface area contributed by atoms with Crippen LogP contribution in [0.25, 0.3) is 11.0 Å². The Labute approximate surface area is 133 Å². The Kier molecular flexibility index (Phi) is 5.75.